The second kappa shape index (κ2) is 11.1. The molecule has 1 fully saturated rings. The molecule has 0 bridgehead atoms. The van der Waals surface area contributed by atoms with Crippen LogP contribution in [-0.2, 0) is 16.1 Å². The van der Waals surface area contributed by atoms with Crippen molar-refractivity contribution in [3.63, 3.8) is 0 Å². The van der Waals surface area contributed by atoms with Crippen molar-refractivity contribution in [2.75, 3.05) is 27.9 Å². The van der Waals surface area contributed by atoms with Gasteiger partial charge in [0.05, 0.1) is 52.4 Å². The molecule has 1 atom stereocenters. The average molecular weight is 508 g/mol. The summed E-state index contributed by atoms with van der Waals surface area (Å²) < 4.78 is 27.6. The van der Waals surface area contributed by atoms with Crippen molar-refractivity contribution >= 4 is 17.4 Å². The number of rotatable bonds is 10. The minimum Gasteiger partial charge on any atom is -0.507 e. The fourth-order valence-corrected chi connectivity index (χ4v) is 4.33. The molecule has 0 saturated carbocycles. The maximum absolute atomic E-state index is 13.4. The van der Waals surface area contributed by atoms with Crippen LogP contribution < -0.4 is 18.9 Å². The molecule has 9 heteroatoms. The summed E-state index contributed by atoms with van der Waals surface area (Å²) in [7, 11) is 4.43. The molecule has 1 amide bonds. The van der Waals surface area contributed by atoms with Crippen molar-refractivity contribution in [3.05, 3.63) is 77.3 Å². The Balaban J connectivity index is 1.91. The van der Waals surface area contributed by atoms with Crippen LogP contribution in [0.25, 0.3) is 5.76 Å². The Kier molecular flexibility index (Phi) is 7.71. The van der Waals surface area contributed by atoms with Crippen LogP contribution in [0.1, 0.15) is 36.3 Å². The molecule has 0 spiro atoms. The molecule has 1 aliphatic heterocycles. The van der Waals surface area contributed by atoms with Gasteiger partial charge in [0.1, 0.15) is 17.3 Å². The molecule has 9 nitrogen and oxygen atoms in total. The second-order valence-electron chi connectivity index (χ2n) is 8.34. The molecule has 1 aliphatic rings. The highest BCUT2D eigenvalue weighted by molar-refractivity contribution is 6.46. The van der Waals surface area contributed by atoms with Gasteiger partial charge in [-0.2, -0.15) is 0 Å². The third-order valence-electron chi connectivity index (χ3n) is 6.03. The Morgan fingerprint density at radius 3 is 2.32 bits per heavy atom. The summed E-state index contributed by atoms with van der Waals surface area (Å²) in [5, 5.41) is 11.4. The van der Waals surface area contributed by atoms with Gasteiger partial charge in [0.2, 0.25) is 5.75 Å². The molecule has 194 valence electrons. The highest BCUT2D eigenvalue weighted by Gasteiger charge is 2.47. The van der Waals surface area contributed by atoms with Crippen LogP contribution >= 0.6 is 0 Å². The summed E-state index contributed by atoms with van der Waals surface area (Å²) in [5.41, 5.74) is 0.765. The first-order valence-corrected chi connectivity index (χ1v) is 11.8. The van der Waals surface area contributed by atoms with Crippen molar-refractivity contribution in [2.45, 2.75) is 25.9 Å². The maximum Gasteiger partial charge on any atom is 0.296 e. The minimum atomic E-state index is -0.959. The van der Waals surface area contributed by atoms with E-state index in [-0.39, 0.29) is 17.9 Å². The highest BCUT2D eigenvalue weighted by Crippen LogP contribution is 2.46. The van der Waals surface area contributed by atoms with Gasteiger partial charge in [-0.3, -0.25) is 9.59 Å². The first-order chi connectivity index (χ1) is 17.9. The maximum atomic E-state index is 13.4. The quantitative estimate of drug-likeness (QED) is 0.239. The predicted molar refractivity (Wildman–Crippen MR) is 135 cm³/mol. The number of benzene rings is 2. The number of amides is 1. The van der Waals surface area contributed by atoms with Crippen molar-refractivity contribution in [1.82, 2.24) is 4.90 Å². The van der Waals surface area contributed by atoms with Gasteiger partial charge in [0.15, 0.2) is 11.5 Å². The standard InChI is InChI=1S/C28H29NO8/c1-5-11-36-19-9-6-8-17(13-19)25(30)23-24(18-14-21(33-2)27(35-4)22(15-18)34-3)29(28(32)26(23)31)16-20-10-7-12-37-20/h6-10,12-15,24,30H,5,11,16H2,1-4H3. The number of methoxy groups -OCH3 is 3. The zero-order valence-electron chi connectivity index (χ0n) is 21.1. The Labute approximate surface area is 214 Å². The van der Waals surface area contributed by atoms with Crippen LogP contribution in [0.15, 0.2) is 64.8 Å². The molecule has 2 heterocycles. The Morgan fingerprint density at radius 1 is 1.00 bits per heavy atom. The predicted octanol–water partition coefficient (Wildman–Crippen LogP) is 4.72. The molecule has 1 N–H and O–H groups in total. The molecule has 1 unspecified atom stereocenters. The number of ketones is 1. The van der Waals surface area contributed by atoms with Crippen molar-refractivity contribution < 1.29 is 38.1 Å². The number of furan rings is 1. The lowest BCUT2D eigenvalue weighted by atomic mass is 9.94. The monoisotopic (exact) mass is 507 g/mol. The molecule has 37 heavy (non-hydrogen) atoms. The molecule has 2 aromatic carbocycles. The lowest BCUT2D eigenvalue weighted by Gasteiger charge is -2.26. The largest absolute Gasteiger partial charge is 0.507 e. The van der Waals surface area contributed by atoms with Crippen molar-refractivity contribution in [3.8, 4) is 23.0 Å². The fraction of sp³-hybridized carbons (Fsp3) is 0.286. The third kappa shape index (κ3) is 4.97. The Bertz CT molecular complexity index is 1290. The van der Waals surface area contributed by atoms with Crippen LogP contribution in [0.4, 0.5) is 0 Å². The van der Waals surface area contributed by atoms with E-state index in [0.717, 1.165) is 6.42 Å². The van der Waals surface area contributed by atoms with Crippen LogP contribution in [0, 0.1) is 0 Å². The summed E-state index contributed by atoms with van der Waals surface area (Å²) in [5.74, 6) is 0.163. The number of Topliss-reactive ketones (excluding diaryl/α,β-unsaturated/α-hetero) is 1. The van der Waals surface area contributed by atoms with E-state index in [9.17, 15) is 14.7 Å². The number of hydrogen-bond donors (Lipinski definition) is 1. The first kappa shape index (κ1) is 25.7. The number of carbonyl (C=O) groups excluding carboxylic acids is 2. The topological polar surface area (TPSA) is 108 Å². The molecular weight excluding hydrogens is 478 g/mol. The van der Waals surface area contributed by atoms with Crippen molar-refractivity contribution in [2.24, 2.45) is 0 Å². The molecule has 3 aromatic rings. The zero-order chi connectivity index (χ0) is 26.5. The van der Waals surface area contributed by atoms with Gasteiger partial charge in [-0.1, -0.05) is 19.1 Å². The van der Waals surface area contributed by atoms with E-state index in [1.54, 1.807) is 48.5 Å². The van der Waals surface area contributed by atoms with Gasteiger partial charge in [0, 0.05) is 5.56 Å². The van der Waals surface area contributed by atoms with E-state index in [1.165, 1.54) is 32.5 Å². The van der Waals surface area contributed by atoms with Gasteiger partial charge in [-0.15, -0.1) is 0 Å². The van der Waals surface area contributed by atoms with E-state index in [2.05, 4.69) is 0 Å². The zero-order valence-corrected chi connectivity index (χ0v) is 21.1. The minimum absolute atomic E-state index is 0.00926. The van der Waals surface area contributed by atoms with Crippen LogP contribution in [0.3, 0.4) is 0 Å². The van der Waals surface area contributed by atoms with Crippen molar-refractivity contribution in [1.29, 1.82) is 0 Å². The summed E-state index contributed by atoms with van der Waals surface area (Å²) in [6.07, 6.45) is 2.30. The number of aliphatic hydroxyl groups excluding tert-OH is 1. The van der Waals surface area contributed by atoms with Crippen LogP contribution in [0.2, 0.25) is 0 Å². The van der Waals surface area contributed by atoms with Gasteiger partial charge < -0.3 is 33.4 Å². The number of aliphatic hydroxyl groups is 1. The SMILES string of the molecule is CCCOc1cccc(C(O)=C2C(=O)C(=O)N(Cc3ccco3)C2c2cc(OC)c(OC)c(OC)c2)c1. The van der Waals surface area contributed by atoms with Crippen LogP contribution in [0.5, 0.6) is 23.0 Å². The van der Waals surface area contributed by atoms with E-state index >= 15 is 0 Å². The number of likely N-dealkylation sites (tertiary alicyclic amines) is 1. The summed E-state index contributed by atoms with van der Waals surface area (Å²) in [6.45, 7) is 2.50. The average Bonchev–Trinajstić information content (AvgIpc) is 3.53. The number of hydrogen-bond acceptors (Lipinski definition) is 8. The molecule has 0 radical (unpaired) electrons. The lowest BCUT2D eigenvalue weighted by Crippen LogP contribution is -2.29. The van der Waals surface area contributed by atoms with Gasteiger partial charge in [-0.05, 0) is 48.4 Å². The summed E-state index contributed by atoms with van der Waals surface area (Å²) >= 11 is 0. The number of nitrogens with zero attached hydrogens (tertiary/aromatic N) is 1. The van der Waals surface area contributed by atoms with E-state index in [0.29, 0.717) is 46.5 Å². The Hall–Kier alpha value is -4.40. The highest BCUT2D eigenvalue weighted by atomic mass is 16.5. The first-order valence-electron chi connectivity index (χ1n) is 11.8. The summed E-state index contributed by atoms with van der Waals surface area (Å²) in [4.78, 5) is 28.0. The van der Waals surface area contributed by atoms with Gasteiger partial charge in [-0.25, -0.2) is 0 Å². The summed E-state index contributed by atoms with van der Waals surface area (Å²) in [6, 6.07) is 12.5. The lowest BCUT2D eigenvalue weighted by molar-refractivity contribution is -0.140. The number of ether oxygens (including phenoxy) is 4. The number of carbonyl (C=O) groups is 2. The molecule has 1 aromatic heterocycles. The van der Waals surface area contributed by atoms with Gasteiger partial charge in [0.25, 0.3) is 11.7 Å². The van der Waals surface area contributed by atoms with Crippen LogP contribution in [-0.4, -0.2) is 49.6 Å². The molecule has 0 aliphatic carbocycles. The normalized spacial score (nSPS) is 16.6. The van der Waals surface area contributed by atoms with Gasteiger partial charge >= 0.3 is 0 Å². The van der Waals surface area contributed by atoms with E-state index in [1.807, 2.05) is 6.92 Å². The third-order valence-corrected chi connectivity index (χ3v) is 6.03. The fourth-order valence-electron chi connectivity index (χ4n) is 4.33. The smallest absolute Gasteiger partial charge is 0.296 e. The second-order valence-corrected chi connectivity index (χ2v) is 8.34. The molecular formula is C28H29NO8. The van der Waals surface area contributed by atoms with E-state index in [4.69, 9.17) is 23.4 Å². The van der Waals surface area contributed by atoms with E-state index < -0.39 is 17.7 Å². The Morgan fingerprint density at radius 2 is 1.73 bits per heavy atom. The molecule has 4 rings (SSSR count). The molecule has 1 saturated heterocycles.